The molecule has 2 nitrogen and oxygen atoms in total. The van der Waals surface area contributed by atoms with Gasteiger partial charge in [0.15, 0.2) is 0 Å². The molecule has 74 valence electrons. The minimum absolute atomic E-state index is 0.0265. The van der Waals surface area contributed by atoms with Crippen LogP contribution in [0.5, 0.6) is 0 Å². The molecule has 0 saturated heterocycles. The summed E-state index contributed by atoms with van der Waals surface area (Å²) in [6.45, 7) is 9.84. The van der Waals surface area contributed by atoms with Crippen molar-refractivity contribution in [3.63, 3.8) is 0 Å². The van der Waals surface area contributed by atoms with Crippen LogP contribution in [0.2, 0.25) is 0 Å². The lowest BCUT2D eigenvalue weighted by Crippen LogP contribution is -2.42. The van der Waals surface area contributed by atoms with Gasteiger partial charge in [-0.3, -0.25) is 0 Å². The summed E-state index contributed by atoms with van der Waals surface area (Å²) in [5.74, 6) is 0. The quantitative estimate of drug-likeness (QED) is 0.678. The van der Waals surface area contributed by atoms with Crippen molar-refractivity contribution in [3.05, 3.63) is 0 Å². The van der Waals surface area contributed by atoms with Crippen LogP contribution >= 0.6 is 0 Å². The van der Waals surface area contributed by atoms with Crippen molar-refractivity contribution in [3.8, 4) is 0 Å². The molecule has 0 aliphatic carbocycles. The number of hydrogen-bond acceptors (Lipinski definition) is 2. The number of rotatable bonds is 4. The van der Waals surface area contributed by atoms with Crippen molar-refractivity contribution >= 4 is 0 Å². The van der Waals surface area contributed by atoms with E-state index in [1.54, 1.807) is 0 Å². The zero-order valence-electron chi connectivity index (χ0n) is 9.20. The second kappa shape index (κ2) is 4.24. The minimum atomic E-state index is -0.0265. The summed E-state index contributed by atoms with van der Waals surface area (Å²) in [4.78, 5) is 0. The van der Waals surface area contributed by atoms with Crippen LogP contribution in [0.3, 0.4) is 0 Å². The molecule has 0 aromatic heterocycles. The third-order valence-electron chi connectivity index (χ3n) is 1.88. The molecule has 0 aromatic rings. The van der Waals surface area contributed by atoms with Crippen LogP contribution < -0.4 is 11.1 Å². The summed E-state index contributed by atoms with van der Waals surface area (Å²) in [5.41, 5.74) is 6.45. The summed E-state index contributed by atoms with van der Waals surface area (Å²) in [6, 6.07) is 0. The Labute approximate surface area is 76.9 Å². The molecule has 0 rings (SSSR count). The van der Waals surface area contributed by atoms with Crippen molar-refractivity contribution in [2.24, 2.45) is 11.1 Å². The summed E-state index contributed by atoms with van der Waals surface area (Å²) in [6.07, 6.45) is 2.11. The average molecular weight is 172 g/mol. The van der Waals surface area contributed by atoms with Crippen LogP contribution in [0.1, 0.15) is 40.5 Å². The third kappa shape index (κ3) is 6.62. The maximum atomic E-state index is 6.15. The van der Waals surface area contributed by atoms with E-state index in [2.05, 4.69) is 33.0 Å². The first-order chi connectivity index (χ1) is 5.27. The largest absolute Gasteiger partial charge is 0.325 e. The van der Waals surface area contributed by atoms with E-state index in [4.69, 9.17) is 5.73 Å². The third-order valence-corrected chi connectivity index (χ3v) is 1.88. The van der Waals surface area contributed by atoms with Crippen LogP contribution in [-0.2, 0) is 0 Å². The molecule has 0 spiro atoms. The van der Waals surface area contributed by atoms with Gasteiger partial charge in [-0.2, -0.15) is 0 Å². The first kappa shape index (κ1) is 11.9. The van der Waals surface area contributed by atoms with Crippen molar-refractivity contribution in [2.45, 2.75) is 46.1 Å². The van der Waals surface area contributed by atoms with E-state index in [1.165, 1.54) is 0 Å². The lowest BCUT2D eigenvalue weighted by Gasteiger charge is -2.32. The highest BCUT2D eigenvalue weighted by Crippen LogP contribution is 2.27. The number of nitrogens with two attached hydrogens (primary N) is 1. The zero-order chi connectivity index (χ0) is 9.83. The van der Waals surface area contributed by atoms with E-state index in [9.17, 15) is 0 Å². The molecule has 12 heavy (non-hydrogen) atoms. The molecule has 0 radical (unpaired) electrons. The van der Waals surface area contributed by atoms with Gasteiger partial charge in [0.1, 0.15) is 0 Å². The Balaban J connectivity index is 3.86. The molecular formula is C10H24N2. The normalized spacial score (nSPS) is 17.5. The molecule has 1 unspecified atom stereocenters. The van der Waals surface area contributed by atoms with Gasteiger partial charge in [0.25, 0.3) is 0 Å². The number of hydrogen-bond donors (Lipinski definition) is 2. The fourth-order valence-corrected chi connectivity index (χ4v) is 1.71. The van der Waals surface area contributed by atoms with Crippen LogP contribution in [0, 0.1) is 5.41 Å². The predicted octanol–water partition coefficient (Wildman–Crippen LogP) is 1.75. The predicted molar refractivity (Wildman–Crippen MR) is 55.2 cm³/mol. The van der Waals surface area contributed by atoms with Gasteiger partial charge in [0.05, 0.1) is 0 Å². The van der Waals surface area contributed by atoms with Crippen LogP contribution in [0.25, 0.3) is 0 Å². The molecular weight excluding hydrogens is 148 g/mol. The van der Waals surface area contributed by atoms with Crippen molar-refractivity contribution in [1.29, 1.82) is 0 Å². The van der Waals surface area contributed by atoms with E-state index >= 15 is 0 Å². The highest BCUT2D eigenvalue weighted by atomic mass is 14.8. The molecule has 0 bridgehead atoms. The summed E-state index contributed by atoms with van der Waals surface area (Å²) in [7, 11) is 1.97. The monoisotopic (exact) mass is 172 g/mol. The van der Waals surface area contributed by atoms with Crippen molar-refractivity contribution < 1.29 is 0 Å². The van der Waals surface area contributed by atoms with Gasteiger partial charge in [-0.1, -0.05) is 20.8 Å². The van der Waals surface area contributed by atoms with Crippen LogP contribution in [-0.4, -0.2) is 19.1 Å². The summed E-state index contributed by atoms with van der Waals surface area (Å²) < 4.78 is 0. The molecule has 3 N–H and O–H groups in total. The van der Waals surface area contributed by atoms with Gasteiger partial charge in [0, 0.05) is 5.54 Å². The molecule has 0 aromatic carbocycles. The molecule has 2 heteroatoms. The summed E-state index contributed by atoms with van der Waals surface area (Å²) >= 11 is 0. The highest BCUT2D eigenvalue weighted by molar-refractivity contribution is 4.84. The number of nitrogens with one attached hydrogen (secondary N) is 1. The topological polar surface area (TPSA) is 38.0 Å². The molecule has 0 amide bonds. The van der Waals surface area contributed by atoms with Crippen LogP contribution in [0.15, 0.2) is 0 Å². The average Bonchev–Trinajstić information content (AvgIpc) is 1.78. The Morgan fingerprint density at radius 2 is 1.67 bits per heavy atom. The first-order valence-corrected chi connectivity index (χ1v) is 4.70. The van der Waals surface area contributed by atoms with E-state index < -0.39 is 0 Å². The van der Waals surface area contributed by atoms with Gasteiger partial charge < -0.3 is 11.1 Å². The van der Waals surface area contributed by atoms with Crippen molar-refractivity contribution in [1.82, 2.24) is 5.32 Å². The Morgan fingerprint density at radius 1 is 1.17 bits per heavy atom. The van der Waals surface area contributed by atoms with E-state index in [0.717, 1.165) is 19.4 Å². The lowest BCUT2D eigenvalue weighted by atomic mass is 9.80. The fourth-order valence-electron chi connectivity index (χ4n) is 1.71. The molecule has 0 aliphatic heterocycles. The second-order valence-electron chi connectivity index (χ2n) is 5.25. The van der Waals surface area contributed by atoms with Crippen molar-refractivity contribution in [2.75, 3.05) is 13.6 Å². The zero-order valence-corrected chi connectivity index (χ0v) is 9.20. The minimum Gasteiger partial charge on any atom is -0.325 e. The van der Waals surface area contributed by atoms with Gasteiger partial charge in [0.2, 0.25) is 0 Å². The van der Waals surface area contributed by atoms with E-state index in [-0.39, 0.29) is 5.54 Å². The Hall–Kier alpha value is -0.0800. The Bertz CT molecular complexity index is 122. The van der Waals surface area contributed by atoms with Crippen LogP contribution in [0.4, 0.5) is 0 Å². The maximum absolute atomic E-state index is 6.15. The van der Waals surface area contributed by atoms with Gasteiger partial charge in [-0.05, 0) is 38.8 Å². The van der Waals surface area contributed by atoms with E-state index in [1.807, 2.05) is 7.05 Å². The molecule has 0 heterocycles. The SMILES string of the molecule is CNCCC(C)(N)CC(C)(C)C. The first-order valence-electron chi connectivity index (χ1n) is 4.70. The smallest absolute Gasteiger partial charge is 0.0142 e. The van der Waals surface area contributed by atoms with Gasteiger partial charge in [-0.25, -0.2) is 0 Å². The molecule has 0 aliphatic rings. The summed E-state index contributed by atoms with van der Waals surface area (Å²) in [5, 5.41) is 3.13. The highest BCUT2D eigenvalue weighted by Gasteiger charge is 2.24. The fraction of sp³-hybridized carbons (Fsp3) is 1.00. The Kier molecular flexibility index (Phi) is 4.21. The van der Waals surface area contributed by atoms with Gasteiger partial charge >= 0.3 is 0 Å². The maximum Gasteiger partial charge on any atom is 0.0142 e. The Morgan fingerprint density at radius 3 is 2.00 bits per heavy atom. The van der Waals surface area contributed by atoms with E-state index in [0.29, 0.717) is 5.41 Å². The molecule has 1 atom stereocenters. The second-order valence-corrected chi connectivity index (χ2v) is 5.25. The molecule has 0 saturated carbocycles. The standard InChI is InChI=1S/C10H24N2/c1-9(2,3)8-10(4,11)6-7-12-5/h12H,6-8,11H2,1-5H3. The lowest BCUT2D eigenvalue weighted by molar-refractivity contribution is 0.258. The molecule has 0 fully saturated rings. The van der Waals surface area contributed by atoms with Gasteiger partial charge in [-0.15, -0.1) is 0 Å².